The van der Waals surface area contributed by atoms with Crippen LogP contribution in [-0.4, -0.2) is 0 Å². The molecule has 0 aliphatic carbocycles. The van der Waals surface area contributed by atoms with Crippen molar-refractivity contribution >= 4 is 21.6 Å². The average molecular weight is 334 g/mol. The minimum absolute atomic E-state index is 0.00648. The van der Waals surface area contributed by atoms with E-state index in [1.165, 1.54) is 16.7 Å². The first-order valence-electron chi connectivity index (χ1n) is 6.58. The van der Waals surface area contributed by atoms with E-state index in [0.717, 1.165) is 22.1 Å². The molecule has 0 radical (unpaired) electrons. The van der Waals surface area contributed by atoms with Gasteiger partial charge in [-0.25, -0.2) is 0 Å². The van der Waals surface area contributed by atoms with Crippen LogP contribution in [0.5, 0.6) is 0 Å². The van der Waals surface area contributed by atoms with E-state index in [4.69, 9.17) is 11.6 Å². The predicted molar refractivity (Wildman–Crippen MR) is 88.2 cm³/mol. The Morgan fingerprint density at radius 1 is 1.15 bits per heavy atom. The maximum Gasteiger partial charge on any atom is 0.0521 e. The highest BCUT2D eigenvalue weighted by atomic mass is 79.9. The summed E-state index contributed by atoms with van der Waals surface area (Å²) >= 11 is 3.48. The lowest BCUT2D eigenvalue weighted by atomic mass is 9.94. The van der Waals surface area contributed by atoms with Crippen LogP contribution in [0.15, 0.2) is 40.9 Å². The summed E-state index contributed by atoms with van der Waals surface area (Å²) in [6, 6.07) is 12.3. The van der Waals surface area contributed by atoms with Crippen molar-refractivity contribution in [2.75, 3.05) is 5.73 Å². The minimum atomic E-state index is -0.00648. The molecule has 0 fully saturated rings. The fourth-order valence-corrected chi connectivity index (χ4v) is 2.72. The van der Waals surface area contributed by atoms with Gasteiger partial charge in [0.1, 0.15) is 0 Å². The maximum absolute atomic E-state index is 6.07. The first-order valence-corrected chi connectivity index (χ1v) is 7.37. The molecule has 106 valence electrons. The number of aryl methyl sites for hydroxylation is 2. The number of hydrogen-bond acceptors (Lipinski definition) is 3. The number of halogens is 1. The van der Waals surface area contributed by atoms with E-state index < -0.39 is 0 Å². The summed E-state index contributed by atoms with van der Waals surface area (Å²) in [5, 5.41) is 0. The molecule has 4 heteroatoms. The smallest absolute Gasteiger partial charge is 0.0521 e. The number of nitrogens with two attached hydrogens (primary N) is 2. The standard InChI is InChI=1S/C16H20BrN3/c1-10-3-4-11(2)12(7-10)8-16(20-19)14-9-13(17)5-6-15(14)18/h3-7,9,16,20H,8,18-19H2,1-2H3. The summed E-state index contributed by atoms with van der Waals surface area (Å²) in [7, 11) is 0. The van der Waals surface area contributed by atoms with Gasteiger partial charge in [0.25, 0.3) is 0 Å². The van der Waals surface area contributed by atoms with E-state index in [1.54, 1.807) is 0 Å². The van der Waals surface area contributed by atoms with E-state index in [0.29, 0.717) is 0 Å². The maximum atomic E-state index is 6.07. The van der Waals surface area contributed by atoms with Crippen LogP contribution >= 0.6 is 15.9 Å². The predicted octanol–water partition coefficient (Wildman–Crippen LogP) is 3.40. The molecule has 2 aromatic carbocycles. The van der Waals surface area contributed by atoms with Gasteiger partial charge in [-0.2, -0.15) is 0 Å². The van der Waals surface area contributed by atoms with Gasteiger partial charge in [0, 0.05) is 10.2 Å². The van der Waals surface area contributed by atoms with Gasteiger partial charge in [-0.3, -0.25) is 11.3 Å². The Labute approximate surface area is 128 Å². The molecule has 0 spiro atoms. The van der Waals surface area contributed by atoms with Gasteiger partial charge >= 0.3 is 0 Å². The van der Waals surface area contributed by atoms with Crippen molar-refractivity contribution in [1.82, 2.24) is 5.43 Å². The summed E-state index contributed by atoms with van der Waals surface area (Å²) in [6.07, 6.45) is 0.810. The highest BCUT2D eigenvalue weighted by molar-refractivity contribution is 9.10. The van der Waals surface area contributed by atoms with Gasteiger partial charge in [-0.1, -0.05) is 39.7 Å². The monoisotopic (exact) mass is 333 g/mol. The van der Waals surface area contributed by atoms with Crippen LogP contribution in [0.4, 0.5) is 5.69 Å². The Hall–Kier alpha value is -1.36. The highest BCUT2D eigenvalue weighted by Crippen LogP contribution is 2.27. The molecule has 0 saturated carbocycles. The summed E-state index contributed by atoms with van der Waals surface area (Å²) in [5.74, 6) is 5.74. The van der Waals surface area contributed by atoms with E-state index >= 15 is 0 Å². The molecule has 0 saturated heterocycles. The Morgan fingerprint density at radius 2 is 1.90 bits per heavy atom. The number of nitrogens with one attached hydrogen (secondary N) is 1. The molecule has 1 atom stereocenters. The lowest BCUT2D eigenvalue weighted by molar-refractivity contribution is 0.552. The third-order valence-corrected chi connectivity index (χ3v) is 4.05. The molecular formula is C16H20BrN3. The van der Waals surface area contributed by atoms with Crippen molar-refractivity contribution in [3.8, 4) is 0 Å². The first-order chi connectivity index (χ1) is 9.51. The van der Waals surface area contributed by atoms with Gasteiger partial charge in [-0.05, 0) is 55.2 Å². The van der Waals surface area contributed by atoms with Crippen molar-refractivity contribution in [3.63, 3.8) is 0 Å². The van der Waals surface area contributed by atoms with Crippen molar-refractivity contribution in [3.05, 3.63) is 63.1 Å². The number of rotatable bonds is 4. The van der Waals surface area contributed by atoms with E-state index in [9.17, 15) is 0 Å². The Kier molecular flexibility index (Phi) is 4.81. The molecule has 0 heterocycles. The Balaban J connectivity index is 2.33. The first kappa shape index (κ1) is 15.0. The SMILES string of the molecule is Cc1ccc(C)c(CC(NN)c2cc(Br)ccc2N)c1. The van der Waals surface area contributed by atoms with Crippen molar-refractivity contribution in [1.29, 1.82) is 0 Å². The zero-order chi connectivity index (χ0) is 14.7. The van der Waals surface area contributed by atoms with E-state index in [1.807, 2.05) is 18.2 Å². The summed E-state index contributed by atoms with van der Waals surface area (Å²) in [6.45, 7) is 4.22. The number of hydrogen-bond donors (Lipinski definition) is 3. The van der Waals surface area contributed by atoms with Crippen LogP contribution in [0.25, 0.3) is 0 Å². The van der Waals surface area contributed by atoms with Gasteiger partial charge < -0.3 is 5.73 Å². The molecule has 3 nitrogen and oxygen atoms in total. The molecular weight excluding hydrogens is 314 g/mol. The highest BCUT2D eigenvalue weighted by Gasteiger charge is 2.15. The number of benzene rings is 2. The van der Waals surface area contributed by atoms with Crippen LogP contribution in [0, 0.1) is 13.8 Å². The largest absolute Gasteiger partial charge is 0.398 e. The van der Waals surface area contributed by atoms with Gasteiger partial charge in [0.05, 0.1) is 6.04 Å². The number of anilines is 1. The van der Waals surface area contributed by atoms with E-state index in [2.05, 4.69) is 53.4 Å². The van der Waals surface area contributed by atoms with Gasteiger partial charge in [-0.15, -0.1) is 0 Å². The minimum Gasteiger partial charge on any atom is -0.398 e. The van der Waals surface area contributed by atoms with Crippen LogP contribution in [0.3, 0.4) is 0 Å². The molecule has 2 aromatic rings. The molecule has 5 N–H and O–H groups in total. The number of nitrogen functional groups attached to an aromatic ring is 1. The van der Waals surface area contributed by atoms with Crippen molar-refractivity contribution < 1.29 is 0 Å². The van der Waals surface area contributed by atoms with Gasteiger partial charge in [0.15, 0.2) is 0 Å². The second-order valence-electron chi connectivity index (χ2n) is 5.13. The second-order valence-corrected chi connectivity index (χ2v) is 6.04. The molecule has 0 aliphatic heterocycles. The topological polar surface area (TPSA) is 64.1 Å². The Morgan fingerprint density at radius 3 is 2.60 bits per heavy atom. The zero-order valence-corrected chi connectivity index (χ0v) is 13.4. The zero-order valence-electron chi connectivity index (χ0n) is 11.8. The summed E-state index contributed by atoms with van der Waals surface area (Å²) < 4.78 is 1.00. The normalized spacial score (nSPS) is 12.4. The molecule has 0 bridgehead atoms. The lowest BCUT2D eigenvalue weighted by Crippen LogP contribution is -2.30. The summed E-state index contributed by atoms with van der Waals surface area (Å²) in [4.78, 5) is 0. The molecule has 0 aliphatic rings. The van der Waals surface area contributed by atoms with Crippen molar-refractivity contribution in [2.24, 2.45) is 5.84 Å². The lowest BCUT2D eigenvalue weighted by Gasteiger charge is -2.20. The molecule has 0 amide bonds. The third-order valence-electron chi connectivity index (χ3n) is 3.55. The summed E-state index contributed by atoms with van der Waals surface area (Å²) in [5.41, 5.74) is 14.5. The quantitative estimate of drug-likeness (QED) is 0.456. The van der Waals surface area contributed by atoms with Crippen molar-refractivity contribution in [2.45, 2.75) is 26.3 Å². The molecule has 20 heavy (non-hydrogen) atoms. The van der Waals surface area contributed by atoms with Crippen LogP contribution < -0.4 is 17.0 Å². The van der Waals surface area contributed by atoms with Crippen LogP contribution in [0.2, 0.25) is 0 Å². The van der Waals surface area contributed by atoms with E-state index in [-0.39, 0.29) is 6.04 Å². The van der Waals surface area contributed by atoms with Gasteiger partial charge in [0.2, 0.25) is 0 Å². The molecule has 0 aromatic heterocycles. The van der Waals surface area contributed by atoms with Crippen LogP contribution in [-0.2, 0) is 6.42 Å². The fraction of sp³-hybridized carbons (Fsp3) is 0.250. The second kappa shape index (κ2) is 6.39. The fourth-order valence-electron chi connectivity index (χ4n) is 2.35. The molecule has 1 unspecified atom stereocenters. The Bertz CT molecular complexity index is 611. The van der Waals surface area contributed by atoms with Crippen LogP contribution in [0.1, 0.15) is 28.3 Å². The third kappa shape index (κ3) is 3.39. The average Bonchev–Trinajstić information content (AvgIpc) is 2.42. The molecule has 2 rings (SSSR count). The number of hydrazine groups is 1.